The lowest BCUT2D eigenvalue weighted by molar-refractivity contribution is 0.0636. The Bertz CT molecular complexity index is 670. The molecule has 0 fully saturated rings. The number of nitrogens with zero attached hydrogens (tertiary/aromatic N) is 5. The highest BCUT2D eigenvalue weighted by atomic mass is 16.5. The maximum Gasteiger partial charge on any atom is 0.255 e. The van der Waals surface area contributed by atoms with Crippen molar-refractivity contribution in [3.05, 3.63) is 54.6 Å². The lowest BCUT2D eigenvalue weighted by atomic mass is 10.1. The Balaban J connectivity index is 1.79. The number of carbonyl (C=O) groups excluding carboxylic acids is 1. The van der Waals surface area contributed by atoms with Crippen LogP contribution in [0.4, 0.5) is 0 Å². The number of carbonyl (C=O) groups is 1. The molecule has 3 heterocycles. The zero-order valence-electron chi connectivity index (χ0n) is 12.8. The Labute approximate surface area is 134 Å². The van der Waals surface area contributed by atoms with Crippen molar-refractivity contribution in [2.24, 2.45) is 5.92 Å². The third-order valence-electron chi connectivity index (χ3n) is 3.77. The summed E-state index contributed by atoms with van der Waals surface area (Å²) in [5, 5.41) is 11.8. The van der Waals surface area contributed by atoms with Crippen LogP contribution < -0.4 is 0 Å². The molecule has 2 aromatic rings. The zero-order valence-corrected chi connectivity index (χ0v) is 12.8. The van der Waals surface area contributed by atoms with Crippen molar-refractivity contribution in [2.45, 2.75) is 13.1 Å². The lowest BCUT2D eigenvalue weighted by Gasteiger charge is -2.24. The Hall–Kier alpha value is -2.54. The van der Waals surface area contributed by atoms with E-state index in [-0.39, 0.29) is 11.8 Å². The minimum absolute atomic E-state index is 0.0525. The Kier molecular flexibility index (Phi) is 4.77. The van der Waals surface area contributed by atoms with Gasteiger partial charge in [-0.15, -0.1) is 6.58 Å². The van der Waals surface area contributed by atoms with Crippen molar-refractivity contribution in [1.29, 1.82) is 0 Å². The van der Waals surface area contributed by atoms with Crippen LogP contribution >= 0.6 is 0 Å². The standard InChI is InChI=1S/C16H19N5O2/c1-2-7-23-12-13-9-20(11-15-4-6-19-21(15)10-13)16(22)14-3-5-17-18-8-14/h2-6,8,13H,1,7,9-12H2/t13-/m0/s1. The second-order valence-electron chi connectivity index (χ2n) is 5.51. The summed E-state index contributed by atoms with van der Waals surface area (Å²) >= 11 is 0. The summed E-state index contributed by atoms with van der Waals surface area (Å²) in [6, 6.07) is 3.62. The molecule has 23 heavy (non-hydrogen) atoms. The minimum Gasteiger partial charge on any atom is -0.377 e. The maximum absolute atomic E-state index is 12.7. The van der Waals surface area contributed by atoms with Gasteiger partial charge in [0, 0.05) is 25.2 Å². The van der Waals surface area contributed by atoms with Crippen molar-refractivity contribution in [2.75, 3.05) is 19.8 Å². The van der Waals surface area contributed by atoms with Crippen LogP contribution in [-0.4, -0.2) is 50.5 Å². The highest BCUT2D eigenvalue weighted by molar-refractivity contribution is 5.93. The van der Waals surface area contributed by atoms with E-state index in [1.54, 1.807) is 18.3 Å². The molecule has 0 spiro atoms. The van der Waals surface area contributed by atoms with E-state index in [9.17, 15) is 4.79 Å². The van der Waals surface area contributed by atoms with Crippen molar-refractivity contribution >= 4 is 5.91 Å². The molecule has 0 unspecified atom stereocenters. The van der Waals surface area contributed by atoms with Gasteiger partial charge in [0.05, 0.1) is 43.4 Å². The van der Waals surface area contributed by atoms with Gasteiger partial charge in [0.25, 0.3) is 5.91 Å². The van der Waals surface area contributed by atoms with Crippen molar-refractivity contribution in [3.63, 3.8) is 0 Å². The van der Waals surface area contributed by atoms with Crippen LogP contribution in [0.5, 0.6) is 0 Å². The van der Waals surface area contributed by atoms with Crippen LogP contribution in [0, 0.1) is 5.92 Å². The third kappa shape index (κ3) is 3.62. The fourth-order valence-corrected chi connectivity index (χ4v) is 2.71. The van der Waals surface area contributed by atoms with Gasteiger partial charge in [0.1, 0.15) is 0 Å². The molecular weight excluding hydrogens is 294 g/mol. The van der Waals surface area contributed by atoms with E-state index in [0.29, 0.717) is 31.9 Å². The smallest absolute Gasteiger partial charge is 0.255 e. The highest BCUT2D eigenvalue weighted by Gasteiger charge is 2.26. The zero-order chi connectivity index (χ0) is 16.1. The molecule has 0 saturated heterocycles. The molecule has 0 N–H and O–H groups in total. The van der Waals surface area contributed by atoms with Crippen molar-refractivity contribution < 1.29 is 9.53 Å². The van der Waals surface area contributed by atoms with Crippen LogP contribution in [0.1, 0.15) is 16.1 Å². The van der Waals surface area contributed by atoms with Gasteiger partial charge in [-0.2, -0.15) is 15.3 Å². The van der Waals surface area contributed by atoms with Crippen LogP contribution in [0.2, 0.25) is 0 Å². The Morgan fingerprint density at radius 1 is 1.35 bits per heavy atom. The molecule has 0 radical (unpaired) electrons. The second kappa shape index (κ2) is 7.15. The molecule has 0 bridgehead atoms. The molecule has 0 saturated carbocycles. The minimum atomic E-state index is -0.0525. The normalized spacial score (nSPS) is 17.4. The number of aromatic nitrogens is 4. The third-order valence-corrected chi connectivity index (χ3v) is 3.77. The number of amides is 1. The number of fused-ring (bicyclic) bond motifs is 1. The summed E-state index contributed by atoms with van der Waals surface area (Å²) in [5.41, 5.74) is 1.56. The highest BCUT2D eigenvalue weighted by Crippen LogP contribution is 2.18. The fraction of sp³-hybridized carbons (Fsp3) is 0.375. The van der Waals surface area contributed by atoms with E-state index >= 15 is 0 Å². The largest absolute Gasteiger partial charge is 0.377 e. The molecule has 1 atom stereocenters. The average molecular weight is 313 g/mol. The number of rotatable bonds is 5. The van der Waals surface area contributed by atoms with Crippen LogP contribution in [-0.2, 0) is 17.8 Å². The molecule has 1 amide bonds. The van der Waals surface area contributed by atoms with Gasteiger partial charge in [0.15, 0.2) is 0 Å². The predicted octanol–water partition coefficient (Wildman–Crippen LogP) is 1.15. The van der Waals surface area contributed by atoms with Crippen molar-refractivity contribution in [1.82, 2.24) is 24.9 Å². The fourth-order valence-electron chi connectivity index (χ4n) is 2.71. The first-order valence-corrected chi connectivity index (χ1v) is 7.53. The monoisotopic (exact) mass is 313 g/mol. The molecule has 3 rings (SSSR count). The second-order valence-corrected chi connectivity index (χ2v) is 5.51. The van der Waals surface area contributed by atoms with Gasteiger partial charge in [0.2, 0.25) is 0 Å². The molecule has 120 valence electrons. The molecule has 1 aliphatic heterocycles. The first kappa shape index (κ1) is 15.4. The van der Waals surface area contributed by atoms with Gasteiger partial charge < -0.3 is 9.64 Å². The number of hydrogen-bond donors (Lipinski definition) is 0. The topological polar surface area (TPSA) is 73.1 Å². The van der Waals surface area contributed by atoms with E-state index in [1.165, 1.54) is 12.4 Å². The molecule has 7 heteroatoms. The number of hydrogen-bond acceptors (Lipinski definition) is 5. The summed E-state index contributed by atoms with van der Waals surface area (Å²) in [6.07, 6.45) is 6.51. The molecule has 0 aliphatic carbocycles. The summed E-state index contributed by atoms with van der Waals surface area (Å²) in [4.78, 5) is 14.6. The molecule has 7 nitrogen and oxygen atoms in total. The van der Waals surface area contributed by atoms with Gasteiger partial charge in [-0.1, -0.05) is 6.08 Å². The quantitative estimate of drug-likeness (QED) is 0.611. The SMILES string of the molecule is C=CCOC[C@H]1CN(C(=O)c2ccnnc2)Cc2ccnn2C1. The van der Waals surface area contributed by atoms with Gasteiger partial charge in [-0.05, 0) is 12.1 Å². The lowest BCUT2D eigenvalue weighted by Crippen LogP contribution is -2.35. The van der Waals surface area contributed by atoms with Crippen LogP contribution in [0.3, 0.4) is 0 Å². The van der Waals surface area contributed by atoms with Crippen molar-refractivity contribution in [3.8, 4) is 0 Å². The van der Waals surface area contributed by atoms with E-state index in [0.717, 1.165) is 12.2 Å². The first-order chi connectivity index (χ1) is 11.3. The van der Waals surface area contributed by atoms with E-state index in [2.05, 4.69) is 21.9 Å². The Morgan fingerprint density at radius 2 is 2.26 bits per heavy atom. The molecular formula is C16H19N5O2. The Morgan fingerprint density at radius 3 is 3.04 bits per heavy atom. The summed E-state index contributed by atoms with van der Waals surface area (Å²) < 4.78 is 7.53. The van der Waals surface area contributed by atoms with Crippen LogP contribution in [0.25, 0.3) is 0 Å². The first-order valence-electron chi connectivity index (χ1n) is 7.53. The summed E-state index contributed by atoms with van der Waals surface area (Å²) in [7, 11) is 0. The summed E-state index contributed by atoms with van der Waals surface area (Å²) in [6.45, 7) is 6.59. The number of ether oxygens (including phenoxy) is 1. The van der Waals surface area contributed by atoms with Gasteiger partial charge in [-0.25, -0.2) is 0 Å². The molecule has 2 aromatic heterocycles. The molecule has 0 aromatic carbocycles. The van der Waals surface area contributed by atoms with E-state index < -0.39 is 0 Å². The van der Waals surface area contributed by atoms with Crippen LogP contribution in [0.15, 0.2) is 43.4 Å². The van der Waals surface area contributed by atoms with Gasteiger partial charge in [-0.3, -0.25) is 9.48 Å². The van der Waals surface area contributed by atoms with E-state index in [4.69, 9.17) is 4.74 Å². The average Bonchev–Trinajstić information content (AvgIpc) is 2.94. The summed E-state index contributed by atoms with van der Waals surface area (Å²) in [5.74, 6) is 0.123. The molecule has 1 aliphatic rings. The van der Waals surface area contributed by atoms with Gasteiger partial charge >= 0.3 is 0 Å². The van der Waals surface area contributed by atoms with E-state index in [1.807, 2.05) is 15.6 Å². The predicted molar refractivity (Wildman–Crippen MR) is 83.5 cm³/mol. The maximum atomic E-state index is 12.7.